The lowest BCUT2D eigenvalue weighted by Crippen LogP contribution is -2.30. The average Bonchev–Trinajstić information content (AvgIpc) is 2.71. The molecule has 0 unspecified atom stereocenters. The first-order valence-electron chi connectivity index (χ1n) is 10.2. The van der Waals surface area contributed by atoms with Crippen molar-refractivity contribution in [2.75, 3.05) is 40.3 Å². The molecule has 2 aromatic rings. The Hall–Kier alpha value is -1.74. The molecule has 0 atom stereocenters. The van der Waals surface area contributed by atoms with Crippen LogP contribution in [0.15, 0.2) is 43.2 Å². The zero-order valence-electron chi connectivity index (χ0n) is 17.9. The number of hydrogen-bond acceptors (Lipinski definition) is 6. The molecule has 166 valence electrons. The van der Waals surface area contributed by atoms with Gasteiger partial charge in [0.2, 0.25) is 0 Å². The van der Waals surface area contributed by atoms with E-state index in [1.165, 1.54) is 0 Å². The van der Waals surface area contributed by atoms with Crippen LogP contribution < -0.4 is 0 Å². The number of fused-ring (bicyclic) bond motifs is 4. The lowest BCUT2D eigenvalue weighted by molar-refractivity contribution is 0.243. The van der Waals surface area contributed by atoms with Crippen LogP contribution in [-0.2, 0) is 13.1 Å². The fourth-order valence-electron chi connectivity index (χ4n) is 3.46. The van der Waals surface area contributed by atoms with Gasteiger partial charge < -0.3 is 20.0 Å². The molecule has 1 heterocycles. The van der Waals surface area contributed by atoms with Crippen molar-refractivity contribution in [3.63, 3.8) is 0 Å². The third-order valence-corrected chi connectivity index (χ3v) is 6.06. The Morgan fingerprint density at radius 2 is 1.16 bits per heavy atom. The van der Waals surface area contributed by atoms with E-state index < -0.39 is 0 Å². The summed E-state index contributed by atoms with van der Waals surface area (Å²) in [6.45, 7) is 4.10. The van der Waals surface area contributed by atoms with Gasteiger partial charge in [0.15, 0.2) is 0 Å². The quantitative estimate of drug-likeness (QED) is 0.508. The molecule has 0 aromatic heterocycles. The van der Waals surface area contributed by atoms with Crippen molar-refractivity contribution in [3.05, 3.63) is 55.5 Å². The third-order valence-electron chi connectivity index (χ3n) is 5.15. The molecule has 4 bridgehead atoms. The number of aliphatic imine (C=N–C) groups is 2. The standard InChI is InChI=1S/C23H28Br2N4O2/c1-28-6-7-29(2)15-19-11-21(25)9-17(23(19)31)13-27-5-3-4-26-12-16-8-20(24)10-18(14-28)22(16)30/h8-13,30-31H,3-7,14-15H2,1-2H3. The minimum atomic E-state index is 0.272. The summed E-state index contributed by atoms with van der Waals surface area (Å²) in [6, 6.07) is 7.66. The van der Waals surface area contributed by atoms with E-state index in [0.29, 0.717) is 37.3 Å². The molecule has 3 rings (SSSR count). The predicted molar refractivity (Wildman–Crippen MR) is 134 cm³/mol. The zero-order valence-corrected chi connectivity index (χ0v) is 21.0. The molecule has 2 N–H and O–H groups in total. The highest BCUT2D eigenvalue weighted by Crippen LogP contribution is 2.29. The van der Waals surface area contributed by atoms with E-state index in [1.54, 1.807) is 12.4 Å². The Morgan fingerprint density at radius 1 is 0.742 bits per heavy atom. The summed E-state index contributed by atoms with van der Waals surface area (Å²) in [6.07, 6.45) is 4.23. The molecule has 0 aliphatic carbocycles. The first-order valence-corrected chi connectivity index (χ1v) is 11.8. The minimum Gasteiger partial charge on any atom is -0.507 e. The normalized spacial score (nSPS) is 17.2. The van der Waals surface area contributed by atoms with Gasteiger partial charge in [0, 0.05) is 82.9 Å². The van der Waals surface area contributed by atoms with Gasteiger partial charge in [-0.05, 0) is 44.8 Å². The fourth-order valence-corrected chi connectivity index (χ4v) is 4.50. The summed E-state index contributed by atoms with van der Waals surface area (Å²) in [7, 11) is 4.07. The van der Waals surface area contributed by atoms with Crippen LogP contribution in [0.1, 0.15) is 28.7 Å². The molecule has 2 aromatic carbocycles. The Bertz CT molecular complexity index is 901. The van der Waals surface area contributed by atoms with Gasteiger partial charge in [0.1, 0.15) is 11.5 Å². The lowest BCUT2D eigenvalue weighted by atomic mass is 10.1. The SMILES string of the molecule is CN1CCN(C)Cc2cc(Br)cc(c2O)C=NCCCN=Cc2cc(Br)cc(c2O)C1. The lowest BCUT2D eigenvalue weighted by Gasteiger charge is -2.23. The average molecular weight is 552 g/mol. The summed E-state index contributed by atoms with van der Waals surface area (Å²) < 4.78 is 1.84. The Kier molecular flexibility index (Phi) is 8.66. The number of aromatic hydroxyl groups is 2. The highest BCUT2D eigenvalue weighted by Gasteiger charge is 2.13. The second kappa shape index (κ2) is 11.2. The molecule has 0 amide bonds. The van der Waals surface area contributed by atoms with Crippen LogP contribution in [0.2, 0.25) is 0 Å². The number of phenols is 2. The largest absolute Gasteiger partial charge is 0.507 e. The Labute approximate surface area is 200 Å². The van der Waals surface area contributed by atoms with Gasteiger partial charge in [-0.1, -0.05) is 31.9 Å². The molecule has 0 saturated heterocycles. The van der Waals surface area contributed by atoms with Crippen LogP contribution in [0.4, 0.5) is 0 Å². The third kappa shape index (κ3) is 6.87. The first kappa shape index (κ1) is 23.9. The van der Waals surface area contributed by atoms with E-state index in [0.717, 1.165) is 39.6 Å². The summed E-state index contributed by atoms with van der Waals surface area (Å²) in [4.78, 5) is 13.3. The van der Waals surface area contributed by atoms with Crippen LogP contribution >= 0.6 is 31.9 Å². The van der Waals surface area contributed by atoms with E-state index in [9.17, 15) is 10.2 Å². The maximum Gasteiger partial charge on any atom is 0.128 e. The fraction of sp³-hybridized carbons (Fsp3) is 0.391. The second-order valence-electron chi connectivity index (χ2n) is 7.91. The smallest absolute Gasteiger partial charge is 0.128 e. The minimum absolute atomic E-state index is 0.272. The summed E-state index contributed by atoms with van der Waals surface area (Å²) in [5.74, 6) is 0.544. The van der Waals surface area contributed by atoms with Crippen LogP contribution in [0.5, 0.6) is 11.5 Å². The molecular weight excluding hydrogens is 524 g/mol. The molecule has 0 fully saturated rings. The van der Waals surface area contributed by atoms with Gasteiger partial charge in [-0.2, -0.15) is 0 Å². The van der Waals surface area contributed by atoms with E-state index in [1.807, 2.05) is 38.4 Å². The molecule has 1 aliphatic rings. The van der Waals surface area contributed by atoms with Crippen molar-refractivity contribution in [2.24, 2.45) is 9.98 Å². The van der Waals surface area contributed by atoms with Gasteiger partial charge in [-0.15, -0.1) is 0 Å². The van der Waals surface area contributed by atoms with Crippen molar-refractivity contribution < 1.29 is 10.2 Å². The molecular formula is C23H28Br2N4O2. The van der Waals surface area contributed by atoms with Crippen LogP contribution in [0, 0.1) is 0 Å². The first-order chi connectivity index (χ1) is 14.8. The van der Waals surface area contributed by atoms with Gasteiger partial charge in [-0.3, -0.25) is 9.98 Å². The Balaban J connectivity index is 1.86. The maximum absolute atomic E-state index is 10.7. The highest BCUT2D eigenvalue weighted by atomic mass is 79.9. The molecule has 1 aliphatic heterocycles. The topological polar surface area (TPSA) is 71.7 Å². The molecule has 0 radical (unpaired) electrons. The number of hydrogen-bond donors (Lipinski definition) is 2. The molecule has 6 nitrogen and oxygen atoms in total. The number of phenolic OH excluding ortho intramolecular Hbond substituents is 2. The number of nitrogens with zero attached hydrogens (tertiary/aromatic N) is 4. The second-order valence-corrected chi connectivity index (χ2v) is 9.74. The van der Waals surface area contributed by atoms with E-state index in [4.69, 9.17) is 0 Å². The van der Waals surface area contributed by atoms with Crippen molar-refractivity contribution in [1.29, 1.82) is 0 Å². The van der Waals surface area contributed by atoms with Crippen molar-refractivity contribution in [1.82, 2.24) is 9.80 Å². The van der Waals surface area contributed by atoms with Crippen molar-refractivity contribution in [3.8, 4) is 11.5 Å². The Morgan fingerprint density at radius 3 is 1.58 bits per heavy atom. The zero-order chi connectivity index (χ0) is 22.4. The number of likely N-dealkylation sites (N-methyl/N-ethyl adjacent to an activating group) is 2. The molecule has 0 saturated carbocycles. The van der Waals surface area contributed by atoms with Crippen LogP contribution in [-0.4, -0.2) is 72.7 Å². The van der Waals surface area contributed by atoms with Crippen molar-refractivity contribution in [2.45, 2.75) is 19.5 Å². The van der Waals surface area contributed by atoms with Gasteiger partial charge in [0.25, 0.3) is 0 Å². The molecule has 0 spiro atoms. The van der Waals surface area contributed by atoms with Crippen LogP contribution in [0.25, 0.3) is 0 Å². The summed E-state index contributed by atoms with van der Waals surface area (Å²) >= 11 is 7.09. The van der Waals surface area contributed by atoms with E-state index in [-0.39, 0.29) is 11.5 Å². The number of rotatable bonds is 0. The summed E-state index contributed by atoms with van der Waals surface area (Å²) in [5, 5.41) is 21.4. The monoisotopic (exact) mass is 550 g/mol. The summed E-state index contributed by atoms with van der Waals surface area (Å²) in [5.41, 5.74) is 3.14. The van der Waals surface area contributed by atoms with E-state index in [2.05, 4.69) is 51.6 Å². The number of halogens is 2. The maximum atomic E-state index is 10.7. The van der Waals surface area contributed by atoms with Gasteiger partial charge in [-0.25, -0.2) is 0 Å². The van der Waals surface area contributed by atoms with E-state index >= 15 is 0 Å². The highest BCUT2D eigenvalue weighted by molar-refractivity contribution is 9.10. The molecule has 8 heteroatoms. The van der Waals surface area contributed by atoms with Crippen molar-refractivity contribution >= 4 is 44.3 Å². The predicted octanol–water partition coefficient (Wildman–Crippen LogP) is 4.43. The van der Waals surface area contributed by atoms with Crippen LogP contribution in [0.3, 0.4) is 0 Å². The molecule has 31 heavy (non-hydrogen) atoms. The van der Waals surface area contributed by atoms with Gasteiger partial charge in [0.05, 0.1) is 0 Å². The van der Waals surface area contributed by atoms with Gasteiger partial charge >= 0.3 is 0 Å². The number of benzene rings is 2.